The minimum atomic E-state index is -1.14. The molecule has 0 unspecified atom stereocenters. The summed E-state index contributed by atoms with van der Waals surface area (Å²) in [4.78, 5) is 26.3. The van der Waals surface area contributed by atoms with Gasteiger partial charge in [0.15, 0.2) is 18.3 Å². The number of hydrogen-bond donors (Lipinski definition) is 1. The molecular weight excluding hydrogens is 378 g/mol. The molecule has 0 aliphatic heterocycles. The van der Waals surface area contributed by atoms with Crippen LogP contribution in [0.2, 0.25) is 25.7 Å². The molecule has 1 N–H and O–H groups in total. The van der Waals surface area contributed by atoms with Gasteiger partial charge in [-0.2, -0.15) is 0 Å². The number of H-pyrrole nitrogens is 1. The Morgan fingerprint density at radius 1 is 1.07 bits per heavy atom. The predicted octanol–water partition coefficient (Wildman–Crippen LogP) is 3.53. The van der Waals surface area contributed by atoms with Gasteiger partial charge >= 0.3 is 5.97 Å². The summed E-state index contributed by atoms with van der Waals surface area (Å²) in [6.45, 7) is 7.67. The molecule has 0 aliphatic carbocycles. The number of hydrogen-bond acceptors (Lipinski definition) is 6. The number of pyridine rings is 1. The third-order valence-corrected chi connectivity index (χ3v) is 5.74. The standard InChI is InChI=1S/C20H27NO6Si/c1-24-18-11-14(16-10-15(20(23)25-2)12-19(22)21-16)6-7-17(18)27-13-26-8-9-28(3,4)5/h6-7,10-12H,8-9,13H2,1-5H3,(H,21,22). The molecule has 28 heavy (non-hydrogen) atoms. The number of esters is 1. The Morgan fingerprint density at radius 2 is 1.82 bits per heavy atom. The van der Waals surface area contributed by atoms with Crippen LogP contribution in [0.4, 0.5) is 0 Å². The minimum absolute atomic E-state index is 0.134. The average molecular weight is 406 g/mol. The quantitative estimate of drug-likeness (QED) is 0.297. The number of methoxy groups -OCH3 is 2. The van der Waals surface area contributed by atoms with E-state index in [9.17, 15) is 9.59 Å². The second-order valence-electron chi connectivity index (χ2n) is 7.49. The summed E-state index contributed by atoms with van der Waals surface area (Å²) in [6.07, 6.45) is 0. The maximum atomic E-state index is 11.9. The van der Waals surface area contributed by atoms with Gasteiger partial charge in [0.25, 0.3) is 0 Å². The zero-order valence-corrected chi connectivity index (χ0v) is 18.0. The van der Waals surface area contributed by atoms with Crippen molar-refractivity contribution >= 4 is 14.0 Å². The minimum Gasteiger partial charge on any atom is -0.493 e. The molecule has 0 spiro atoms. The van der Waals surface area contributed by atoms with Crippen LogP contribution in [0.25, 0.3) is 11.3 Å². The second-order valence-corrected chi connectivity index (χ2v) is 13.1. The molecule has 1 heterocycles. The molecule has 0 fully saturated rings. The highest BCUT2D eigenvalue weighted by molar-refractivity contribution is 6.76. The number of aromatic nitrogens is 1. The van der Waals surface area contributed by atoms with Crippen molar-refractivity contribution in [3.05, 3.63) is 46.2 Å². The van der Waals surface area contributed by atoms with Gasteiger partial charge in [-0.3, -0.25) is 4.79 Å². The molecule has 0 radical (unpaired) electrons. The number of benzene rings is 1. The summed E-state index contributed by atoms with van der Waals surface area (Å²) in [5.41, 5.74) is 0.931. The Morgan fingerprint density at radius 3 is 2.46 bits per heavy atom. The summed E-state index contributed by atoms with van der Waals surface area (Å²) < 4.78 is 21.3. The number of ether oxygens (including phenoxy) is 4. The Labute approximate surface area is 165 Å². The van der Waals surface area contributed by atoms with E-state index in [4.69, 9.17) is 14.2 Å². The van der Waals surface area contributed by atoms with Gasteiger partial charge in [0, 0.05) is 32.0 Å². The normalized spacial score (nSPS) is 11.2. The van der Waals surface area contributed by atoms with Gasteiger partial charge in [0.1, 0.15) is 0 Å². The summed E-state index contributed by atoms with van der Waals surface area (Å²) in [5.74, 6) is 0.455. The van der Waals surface area contributed by atoms with Crippen molar-refractivity contribution < 1.29 is 23.7 Å². The van der Waals surface area contributed by atoms with Crippen LogP contribution in [0.15, 0.2) is 35.1 Å². The second kappa shape index (κ2) is 9.56. The van der Waals surface area contributed by atoms with Crippen molar-refractivity contribution in [1.82, 2.24) is 4.98 Å². The van der Waals surface area contributed by atoms with E-state index in [1.807, 2.05) is 0 Å². The lowest BCUT2D eigenvalue weighted by atomic mass is 10.1. The topological polar surface area (TPSA) is 86.8 Å². The first-order valence-corrected chi connectivity index (χ1v) is 12.7. The van der Waals surface area contributed by atoms with E-state index in [0.29, 0.717) is 29.4 Å². The fourth-order valence-electron chi connectivity index (χ4n) is 2.43. The van der Waals surface area contributed by atoms with Crippen molar-refractivity contribution in [3.8, 4) is 22.8 Å². The first-order chi connectivity index (χ1) is 13.2. The molecule has 7 nitrogen and oxygen atoms in total. The van der Waals surface area contributed by atoms with E-state index >= 15 is 0 Å². The lowest BCUT2D eigenvalue weighted by molar-refractivity contribution is 0.0205. The first kappa shape index (κ1) is 21.7. The van der Waals surface area contributed by atoms with Crippen LogP contribution < -0.4 is 15.0 Å². The number of carbonyl (C=O) groups excluding carboxylic acids is 1. The summed E-state index contributed by atoms with van der Waals surface area (Å²) in [7, 11) is 1.66. The van der Waals surface area contributed by atoms with Crippen LogP contribution in [-0.4, -0.2) is 46.6 Å². The third-order valence-electron chi connectivity index (χ3n) is 4.03. The zero-order valence-electron chi connectivity index (χ0n) is 17.0. The summed E-state index contributed by atoms with van der Waals surface area (Å²) >= 11 is 0. The largest absolute Gasteiger partial charge is 0.493 e. The Balaban J connectivity index is 2.14. The average Bonchev–Trinajstić information content (AvgIpc) is 2.65. The van der Waals surface area contributed by atoms with Gasteiger partial charge in [0.05, 0.1) is 19.8 Å². The van der Waals surface area contributed by atoms with Crippen LogP contribution in [0.3, 0.4) is 0 Å². The van der Waals surface area contributed by atoms with Gasteiger partial charge in [-0.15, -0.1) is 0 Å². The molecule has 0 saturated carbocycles. The molecule has 0 saturated heterocycles. The van der Waals surface area contributed by atoms with Crippen molar-refractivity contribution in [2.24, 2.45) is 0 Å². The van der Waals surface area contributed by atoms with Crippen molar-refractivity contribution in [2.75, 3.05) is 27.6 Å². The van der Waals surface area contributed by atoms with Crippen LogP contribution in [0.1, 0.15) is 10.4 Å². The van der Waals surface area contributed by atoms with Gasteiger partial charge in [-0.05, 0) is 30.3 Å². The van der Waals surface area contributed by atoms with Crippen molar-refractivity contribution in [3.63, 3.8) is 0 Å². The van der Waals surface area contributed by atoms with E-state index in [1.54, 1.807) is 24.3 Å². The molecule has 0 amide bonds. The van der Waals surface area contributed by atoms with Gasteiger partial charge in [0.2, 0.25) is 5.56 Å². The molecule has 152 valence electrons. The number of rotatable bonds is 9. The maximum absolute atomic E-state index is 11.9. The molecule has 8 heteroatoms. The smallest absolute Gasteiger partial charge is 0.338 e. The number of aromatic amines is 1. The van der Waals surface area contributed by atoms with E-state index in [1.165, 1.54) is 20.3 Å². The van der Waals surface area contributed by atoms with Crippen LogP contribution in [0.5, 0.6) is 11.5 Å². The lowest BCUT2D eigenvalue weighted by Gasteiger charge is -2.16. The fraction of sp³-hybridized carbons (Fsp3) is 0.400. The third kappa shape index (κ3) is 6.24. The van der Waals surface area contributed by atoms with Crippen LogP contribution in [-0.2, 0) is 9.47 Å². The van der Waals surface area contributed by atoms with Crippen molar-refractivity contribution in [2.45, 2.75) is 25.7 Å². The first-order valence-electron chi connectivity index (χ1n) is 8.95. The molecule has 2 aromatic rings. The van der Waals surface area contributed by atoms with E-state index in [-0.39, 0.29) is 12.4 Å². The van der Waals surface area contributed by atoms with E-state index in [0.717, 1.165) is 6.04 Å². The highest BCUT2D eigenvalue weighted by Crippen LogP contribution is 2.32. The SMILES string of the molecule is COC(=O)c1cc(-c2ccc(OCOCC[Si](C)(C)C)c(OC)c2)[nH]c(=O)c1. The maximum Gasteiger partial charge on any atom is 0.338 e. The van der Waals surface area contributed by atoms with E-state index < -0.39 is 19.6 Å². The monoisotopic (exact) mass is 405 g/mol. The Bertz CT molecular complexity index is 872. The summed E-state index contributed by atoms with van der Waals surface area (Å²) in [5, 5.41) is 0. The number of nitrogens with one attached hydrogen (secondary N) is 1. The molecule has 2 rings (SSSR count). The fourth-order valence-corrected chi connectivity index (χ4v) is 3.19. The van der Waals surface area contributed by atoms with Crippen molar-refractivity contribution in [1.29, 1.82) is 0 Å². The van der Waals surface area contributed by atoms with Crippen LogP contribution in [0, 0.1) is 0 Å². The summed E-state index contributed by atoms with van der Waals surface area (Å²) in [6, 6.07) is 9.05. The molecule has 1 aromatic carbocycles. The Kier molecular flexibility index (Phi) is 7.42. The van der Waals surface area contributed by atoms with Gasteiger partial charge in [-0.25, -0.2) is 4.79 Å². The molecule has 0 atom stereocenters. The van der Waals surface area contributed by atoms with Gasteiger partial charge in [-0.1, -0.05) is 19.6 Å². The molecular formula is C20H27NO6Si. The predicted molar refractivity (Wildman–Crippen MR) is 110 cm³/mol. The number of carbonyl (C=O) groups is 1. The zero-order chi connectivity index (χ0) is 20.7. The Hall–Kier alpha value is -2.58. The van der Waals surface area contributed by atoms with Crippen LogP contribution >= 0.6 is 0 Å². The highest BCUT2D eigenvalue weighted by Gasteiger charge is 2.14. The van der Waals surface area contributed by atoms with Gasteiger partial charge < -0.3 is 23.9 Å². The lowest BCUT2D eigenvalue weighted by Crippen LogP contribution is -2.22. The van der Waals surface area contributed by atoms with E-state index in [2.05, 4.69) is 29.4 Å². The molecule has 0 bridgehead atoms. The molecule has 0 aliphatic rings. The highest BCUT2D eigenvalue weighted by atomic mass is 28.3. The molecule has 1 aromatic heterocycles.